The topological polar surface area (TPSA) is 82.9 Å². The average molecular weight is 200 g/mol. The number of hydrogen-bond acceptors (Lipinski definition) is 4. The molecular weight excluding hydrogens is 180 g/mol. The van der Waals surface area contributed by atoms with Gasteiger partial charge in [0.2, 0.25) is 5.96 Å². The van der Waals surface area contributed by atoms with Crippen LogP contribution in [0.1, 0.15) is 0 Å². The second kappa shape index (κ2) is 5.14. The number of hydrogen-bond donors (Lipinski definition) is 3. The van der Waals surface area contributed by atoms with Gasteiger partial charge in [-0.2, -0.15) is 0 Å². The maximum atomic E-state index is 5.45. The Hall–Kier alpha value is -0.850. The highest BCUT2D eigenvalue weighted by Gasteiger charge is 2.21. The van der Waals surface area contributed by atoms with Crippen LogP contribution in [0.2, 0.25) is 0 Å². The Morgan fingerprint density at radius 3 is 2.86 bits per heavy atom. The summed E-state index contributed by atoms with van der Waals surface area (Å²) in [6, 6.07) is 0.431. The molecule has 6 nitrogen and oxygen atoms in total. The van der Waals surface area contributed by atoms with Crippen molar-refractivity contribution in [1.82, 2.24) is 15.2 Å². The molecule has 1 rings (SSSR count). The molecular formula is C8H20N6. The molecule has 1 aliphatic heterocycles. The number of guanidine groups is 1. The van der Waals surface area contributed by atoms with Crippen LogP contribution in [0.25, 0.3) is 0 Å². The fourth-order valence-electron chi connectivity index (χ4n) is 1.55. The number of nitrogens with zero attached hydrogens (tertiary/aromatic N) is 3. The van der Waals surface area contributed by atoms with Crippen LogP contribution in [0.5, 0.6) is 0 Å². The summed E-state index contributed by atoms with van der Waals surface area (Å²) in [6.45, 7) is 3.91. The van der Waals surface area contributed by atoms with Gasteiger partial charge in [-0.25, -0.2) is 5.84 Å². The van der Waals surface area contributed by atoms with Crippen molar-refractivity contribution in [1.29, 1.82) is 0 Å². The Balaban J connectivity index is 2.41. The van der Waals surface area contributed by atoms with Gasteiger partial charge in [0.05, 0.1) is 6.54 Å². The van der Waals surface area contributed by atoms with E-state index in [-0.39, 0.29) is 0 Å². The first-order valence-corrected chi connectivity index (χ1v) is 4.78. The van der Waals surface area contributed by atoms with Crippen molar-refractivity contribution in [3.05, 3.63) is 0 Å². The molecule has 6 heteroatoms. The zero-order valence-corrected chi connectivity index (χ0v) is 8.90. The predicted octanol–water partition coefficient (Wildman–Crippen LogP) is -1.99. The molecule has 1 unspecified atom stereocenters. The molecule has 0 aliphatic carbocycles. The number of rotatable bonds is 2. The summed E-state index contributed by atoms with van der Waals surface area (Å²) in [6.07, 6.45) is 0. The first-order chi connectivity index (χ1) is 6.63. The molecule has 82 valence electrons. The van der Waals surface area contributed by atoms with Gasteiger partial charge in [0.1, 0.15) is 0 Å². The molecule has 5 N–H and O–H groups in total. The highest BCUT2D eigenvalue weighted by atomic mass is 15.3. The van der Waals surface area contributed by atoms with Crippen molar-refractivity contribution < 1.29 is 0 Å². The summed E-state index contributed by atoms with van der Waals surface area (Å²) >= 11 is 0. The molecule has 0 aromatic rings. The van der Waals surface area contributed by atoms with E-state index >= 15 is 0 Å². The Labute approximate surface area is 84.9 Å². The largest absolute Gasteiger partial charge is 0.369 e. The van der Waals surface area contributed by atoms with E-state index in [0.717, 1.165) is 19.6 Å². The van der Waals surface area contributed by atoms with E-state index in [2.05, 4.69) is 34.3 Å². The van der Waals surface area contributed by atoms with E-state index in [1.165, 1.54) is 0 Å². The van der Waals surface area contributed by atoms with Gasteiger partial charge < -0.3 is 10.6 Å². The van der Waals surface area contributed by atoms with Crippen molar-refractivity contribution in [2.24, 2.45) is 16.6 Å². The van der Waals surface area contributed by atoms with Gasteiger partial charge >= 0.3 is 0 Å². The minimum absolute atomic E-state index is 0.298. The van der Waals surface area contributed by atoms with Crippen LogP contribution in [0.3, 0.4) is 0 Å². The molecule has 0 bridgehead atoms. The lowest BCUT2D eigenvalue weighted by molar-refractivity contribution is 0.119. The molecule has 1 aliphatic rings. The third-order valence-electron chi connectivity index (χ3n) is 2.60. The summed E-state index contributed by atoms with van der Waals surface area (Å²) < 4.78 is 0. The van der Waals surface area contributed by atoms with E-state index in [1.54, 1.807) is 0 Å². The first-order valence-electron chi connectivity index (χ1n) is 4.78. The fourth-order valence-corrected chi connectivity index (χ4v) is 1.55. The SMILES string of the molecule is CN1CCN(C)C(CN=C(N)NN)C1. The molecule has 0 amide bonds. The van der Waals surface area contributed by atoms with Crippen molar-refractivity contribution >= 4 is 5.96 Å². The predicted molar refractivity (Wildman–Crippen MR) is 57.7 cm³/mol. The summed E-state index contributed by atoms with van der Waals surface area (Å²) in [4.78, 5) is 8.74. The molecule has 0 aromatic heterocycles. The summed E-state index contributed by atoms with van der Waals surface area (Å²) in [5.74, 6) is 5.42. The molecule has 0 aromatic carbocycles. The lowest BCUT2D eigenvalue weighted by Crippen LogP contribution is -2.51. The molecule has 1 heterocycles. The smallest absolute Gasteiger partial charge is 0.203 e. The quantitative estimate of drug-likeness (QED) is 0.208. The van der Waals surface area contributed by atoms with Crippen molar-refractivity contribution in [2.45, 2.75) is 6.04 Å². The zero-order valence-electron chi connectivity index (χ0n) is 8.90. The van der Waals surface area contributed by atoms with Gasteiger partial charge in [-0.1, -0.05) is 0 Å². The third-order valence-corrected chi connectivity index (χ3v) is 2.60. The number of hydrazine groups is 1. The number of nitrogens with two attached hydrogens (primary N) is 2. The second-order valence-corrected chi connectivity index (χ2v) is 3.77. The van der Waals surface area contributed by atoms with Gasteiger partial charge in [0.25, 0.3) is 0 Å². The molecule has 14 heavy (non-hydrogen) atoms. The highest BCUT2D eigenvalue weighted by Crippen LogP contribution is 2.05. The molecule has 1 fully saturated rings. The van der Waals surface area contributed by atoms with Crippen LogP contribution in [-0.2, 0) is 0 Å². The van der Waals surface area contributed by atoms with Crippen LogP contribution in [0.4, 0.5) is 0 Å². The van der Waals surface area contributed by atoms with Crippen LogP contribution < -0.4 is 17.0 Å². The van der Waals surface area contributed by atoms with Gasteiger partial charge in [-0.15, -0.1) is 0 Å². The molecule has 0 radical (unpaired) electrons. The molecule has 1 saturated heterocycles. The lowest BCUT2D eigenvalue weighted by Gasteiger charge is -2.36. The fraction of sp³-hybridized carbons (Fsp3) is 0.875. The average Bonchev–Trinajstić information content (AvgIpc) is 2.19. The van der Waals surface area contributed by atoms with E-state index < -0.39 is 0 Å². The minimum Gasteiger partial charge on any atom is -0.369 e. The van der Waals surface area contributed by atoms with Crippen molar-refractivity contribution in [3.8, 4) is 0 Å². The van der Waals surface area contributed by atoms with Crippen molar-refractivity contribution in [3.63, 3.8) is 0 Å². The monoisotopic (exact) mass is 200 g/mol. The van der Waals surface area contributed by atoms with Crippen LogP contribution in [0, 0.1) is 0 Å². The van der Waals surface area contributed by atoms with E-state index in [9.17, 15) is 0 Å². The van der Waals surface area contributed by atoms with Crippen LogP contribution in [0.15, 0.2) is 4.99 Å². The van der Waals surface area contributed by atoms with Gasteiger partial charge in [-0.3, -0.25) is 15.3 Å². The number of likely N-dealkylation sites (N-methyl/N-ethyl adjacent to an activating group) is 2. The van der Waals surface area contributed by atoms with E-state index in [1.807, 2.05) is 0 Å². The maximum Gasteiger partial charge on any atom is 0.203 e. The first kappa shape index (κ1) is 11.2. The van der Waals surface area contributed by atoms with Gasteiger partial charge in [0.15, 0.2) is 0 Å². The Kier molecular flexibility index (Phi) is 4.12. The van der Waals surface area contributed by atoms with Crippen molar-refractivity contribution in [2.75, 3.05) is 40.3 Å². The maximum absolute atomic E-state index is 5.45. The Bertz CT molecular complexity index is 204. The summed E-state index contributed by atoms with van der Waals surface area (Å²) in [5, 5.41) is 0. The summed E-state index contributed by atoms with van der Waals surface area (Å²) in [5.41, 5.74) is 7.78. The minimum atomic E-state index is 0.298. The highest BCUT2D eigenvalue weighted by molar-refractivity contribution is 5.77. The van der Waals surface area contributed by atoms with E-state index in [0.29, 0.717) is 18.5 Å². The van der Waals surface area contributed by atoms with E-state index in [4.69, 9.17) is 11.6 Å². The van der Waals surface area contributed by atoms with Gasteiger partial charge in [0, 0.05) is 25.7 Å². The Morgan fingerprint density at radius 1 is 1.50 bits per heavy atom. The molecule has 0 spiro atoms. The summed E-state index contributed by atoms with van der Waals surface area (Å²) in [7, 11) is 4.23. The number of piperazine rings is 1. The number of nitrogens with one attached hydrogen (secondary N) is 1. The third kappa shape index (κ3) is 3.13. The second-order valence-electron chi connectivity index (χ2n) is 3.77. The Morgan fingerprint density at radius 2 is 2.21 bits per heavy atom. The normalized spacial score (nSPS) is 26.5. The molecule has 1 atom stereocenters. The molecule has 0 saturated carbocycles. The standard InChI is InChI=1S/C8H20N6/c1-13-3-4-14(2)7(6-13)5-11-8(9)12-10/h7H,3-6,10H2,1-2H3,(H3,9,11,12). The number of aliphatic imine (C=N–C) groups is 1. The zero-order chi connectivity index (χ0) is 10.6. The lowest BCUT2D eigenvalue weighted by atomic mass is 10.2. The van der Waals surface area contributed by atoms with Crippen LogP contribution in [-0.4, -0.2) is 62.1 Å². The van der Waals surface area contributed by atoms with Gasteiger partial charge in [-0.05, 0) is 14.1 Å². The van der Waals surface area contributed by atoms with Crippen LogP contribution >= 0.6 is 0 Å².